The molecular formula is C11H17ClO3. The Morgan fingerprint density at radius 2 is 1.87 bits per heavy atom. The topological polar surface area (TPSA) is 43.4 Å². The van der Waals surface area contributed by atoms with E-state index in [1.807, 2.05) is 0 Å². The molecule has 15 heavy (non-hydrogen) atoms. The summed E-state index contributed by atoms with van der Waals surface area (Å²) in [5.41, 5.74) is 1.22. The maximum atomic E-state index is 11.0. The van der Waals surface area contributed by atoms with Crippen LogP contribution in [0.2, 0.25) is 0 Å². The third kappa shape index (κ3) is 9.47. The fraction of sp³-hybridized carbons (Fsp3) is 0.636. The minimum absolute atomic E-state index is 0.0288. The monoisotopic (exact) mass is 232 g/mol. The highest BCUT2D eigenvalue weighted by atomic mass is 35.5. The van der Waals surface area contributed by atoms with Crippen molar-refractivity contribution in [2.24, 2.45) is 0 Å². The first-order valence-electron chi connectivity index (χ1n) is 5.16. The summed E-state index contributed by atoms with van der Waals surface area (Å²) in [6.45, 7) is 2.22. The molecule has 0 aliphatic heterocycles. The molecule has 0 aliphatic rings. The largest absolute Gasteiger partial charge is 0.466 e. The summed E-state index contributed by atoms with van der Waals surface area (Å²) >= 11 is 5.25. The molecule has 0 rings (SSSR count). The smallest absolute Gasteiger partial charge is 0.305 e. The number of esters is 1. The van der Waals surface area contributed by atoms with Gasteiger partial charge in [-0.25, -0.2) is 0 Å². The molecule has 0 spiro atoms. The van der Waals surface area contributed by atoms with Crippen molar-refractivity contribution >= 4 is 23.4 Å². The van der Waals surface area contributed by atoms with Gasteiger partial charge >= 0.3 is 5.97 Å². The molecule has 0 heterocycles. The van der Waals surface area contributed by atoms with E-state index in [4.69, 9.17) is 16.3 Å². The van der Waals surface area contributed by atoms with Crippen LogP contribution in [-0.4, -0.2) is 18.4 Å². The molecule has 4 heteroatoms. The molecule has 0 aromatic heterocycles. The van der Waals surface area contributed by atoms with Gasteiger partial charge in [-0.15, -0.1) is 0 Å². The van der Waals surface area contributed by atoms with Gasteiger partial charge in [0.15, 0.2) is 5.78 Å². The lowest BCUT2D eigenvalue weighted by Gasteiger charge is -2.00. The van der Waals surface area contributed by atoms with Gasteiger partial charge in [-0.1, -0.05) is 18.0 Å². The van der Waals surface area contributed by atoms with Crippen LogP contribution in [0.5, 0.6) is 0 Å². The van der Waals surface area contributed by atoms with Crippen LogP contribution in [0.25, 0.3) is 0 Å². The molecule has 0 saturated heterocycles. The summed E-state index contributed by atoms with van der Waals surface area (Å²) in [6.07, 6.45) is 4.71. The van der Waals surface area contributed by atoms with E-state index in [-0.39, 0.29) is 11.8 Å². The van der Waals surface area contributed by atoms with Crippen LogP contribution < -0.4 is 0 Å². The van der Waals surface area contributed by atoms with Crippen LogP contribution in [-0.2, 0) is 14.3 Å². The Kier molecular flexibility index (Phi) is 9.18. The van der Waals surface area contributed by atoms with E-state index >= 15 is 0 Å². The third-order valence-electron chi connectivity index (χ3n) is 1.86. The van der Waals surface area contributed by atoms with Crippen molar-refractivity contribution in [3.05, 3.63) is 11.6 Å². The molecule has 0 radical (unpaired) electrons. The summed E-state index contributed by atoms with van der Waals surface area (Å²) in [7, 11) is 0. The first-order valence-corrected chi connectivity index (χ1v) is 5.59. The maximum absolute atomic E-state index is 11.0. The molecule has 0 unspecified atom stereocenters. The highest BCUT2D eigenvalue weighted by Gasteiger charge is 2.01. The van der Waals surface area contributed by atoms with Crippen LogP contribution >= 0.6 is 11.6 Å². The third-order valence-corrected chi connectivity index (χ3v) is 1.98. The van der Waals surface area contributed by atoms with E-state index in [1.54, 1.807) is 6.92 Å². The zero-order valence-corrected chi connectivity index (χ0v) is 9.76. The van der Waals surface area contributed by atoms with Gasteiger partial charge < -0.3 is 4.74 Å². The first kappa shape index (κ1) is 14.2. The fourth-order valence-electron chi connectivity index (χ4n) is 1.13. The van der Waals surface area contributed by atoms with Crippen LogP contribution in [0.4, 0.5) is 0 Å². The summed E-state index contributed by atoms with van der Waals surface area (Å²) in [4.78, 5) is 21.9. The highest BCUT2D eigenvalue weighted by Crippen LogP contribution is 2.05. The van der Waals surface area contributed by atoms with Crippen molar-refractivity contribution in [2.45, 2.75) is 39.0 Å². The SMILES string of the molecule is CCOC(=O)CCCCCC(=O)/C=C/Cl. The summed E-state index contributed by atoms with van der Waals surface area (Å²) in [5.74, 6) is -0.134. The molecule has 0 aromatic carbocycles. The zero-order valence-electron chi connectivity index (χ0n) is 9.00. The molecule has 0 saturated carbocycles. The fourth-order valence-corrected chi connectivity index (χ4v) is 1.27. The Labute approximate surface area is 95.4 Å². The Balaban J connectivity index is 3.32. The normalized spacial score (nSPS) is 10.5. The predicted octanol–water partition coefficient (Wildman–Crippen LogP) is 2.82. The van der Waals surface area contributed by atoms with E-state index in [0.717, 1.165) is 19.3 Å². The van der Waals surface area contributed by atoms with Gasteiger partial charge in [-0.05, 0) is 25.8 Å². The summed E-state index contributed by atoms with van der Waals surface area (Å²) in [5, 5.41) is 0. The van der Waals surface area contributed by atoms with Gasteiger partial charge in [-0.3, -0.25) is 9.59 Å². The molecule has 3 nitrogen and oxygen atoms in total. The minimum Gasteiger partial charge on any atom is -0.466 e. The van der Waals surface area contributed by atoms with E-state index < -0.39 is 0 Å². The number of carbonyl (C=O) groups excluding carboxylic acids is 2. The van der Waals surface area contributed by atoms with Gasteiger partial charge in [0.25, 0.3) is 0 Å². The van der Waals surface area contributed by atoms with Crippen LogP contribution in [0, 0.1) is 0 Å². The molecule has 0 fully saturated rings. The number of allylic oxidation sites excluding steroid dienone is 1. The lowest BCUT2D eigenvalue weighted by atomic mass is 10.1. The van der Waals surface area contributed by atoms with Gasteiger partial charge in [0.2, 0.25) is 0 Å². The Bertz CT molecular complexity index is 224. The number of rotatable bonds is 8. The van der Waals surface area contributed by atoms with Crippen molar-refractivity contribution in [1.82, 2.24) is 0 Å². The van der Waals surface area contributed by atoms with Gasteiger partial charge in [0.05, 0.1) is 6.61 Å². The van der Waals surface area contributed by atoms with Crippen molar-refractivity contribution in [3.63, 3.8) is 0 Å². The van der Waals surface area contributed by atoms with Crippen LogP contribution in [0.1, 0.15) is 39.0 Å². The lowest BCUT2D eigenvalue weighted by Crippen LogP contribution is -2.03. The average Bonchev–Trinajstić information content (AvgIpc) is 2.18. The molecule has 0 aliphatic carbocycles. The molecule has 0 N–H and O–H groups in total. The quantitative estimate of drug-likeness (QED) is 0.367. The summed E-state index contributed by atoms with van der Waals surface area (Å²) in [6, 6.07) is 0. The highest BCUT2D eigenvalue weighted by molar-refractivity contribution is 6.26. The van der Waals surface area contributed by atoms with Crippen molar-refractivity contribution in [1.29, 1.82) is 0 Å². The minimum atomic E-state index is -0.163. The number of ether oxygens (including phenoxy) is 1. The molecular weight excluding hydrogens is 216 g/mol. The maximum Gasteiger partial charge on any atom is 0.305 e. The van der Waals surface area contributed by atoms with Crippen molar-refractivity contribution in [3.8, 4) is 0 Å². The van der Waals surface area contributed by atoms with Gasteiger partial charge in [-0.2, -0.15) is 0 Å². The standard InChI is InChI=1S/C11H17ClO3/c1-2-15-11(14)7-5-3-4-6-10(13)8-9-12/h8-9H,2-7H2,1H3/b9-8+. The number of halogens is 1. The number of hydrogen-bond acceptors (Lipinski definition) is 3. The Hall–Kier alpha value is -0.830. The van der Waals surface area contributed by atoms with Crippen molar-refractivity contribution < 1.29 is 14.3 Å². The number of ketones is 1. The molecule has 0 bridgehead atoms. The van der Waals surface area contributed by atoms with E-state index in [1.165, 1.54) is 11.6 Å². The molecule has 0 amide bonds. The zero-order chi connectivity index (χ0) is 11.5. The Morgan fingerprint density at radius 3 is 2.47 bits per heavy atom. The summed E-state index contributed by atoms with van der Waals surface area (Å²) < 4.78 is 4.77. The number of carbonyl (C=O) groups is 2. The second-order valence-corrected chi connectivity index (χ2v) is 3.38. The van der Waals surface area contributed by atoms with E-state index in [9.17, 15) is 9.59 Å². The molecule has 86 valence electrons. The predicted molar refractivity (Wildman–Crippen MR) is 59.7 cm³/mol. The second kappa shape index (κ2) is 9.71. The number of hydrogen-bond donors (Lipinski definition) is 0. The Morgan fingerprint density at radius 1 is 1.20 bits per heavy atom. The second-order valence-electron chi connectivity index (χ2n) is 3.12. The number of unbranched alkanes of at least 4 members (excludes halogenated alkanes) is 2. The lowest BCUT2D eigenvalue weighted by molar-refractivity contribution is -0.143. The molecule has 0 aromatic rings. The first-order chi connectivity index (χ1) is 7.20. The molecule has 0 atom stereocenters. The van der Waals surface area contributed by atoms with E-state index in [2.05, 4.69) is 0 Å². The van der Waals surface area contributed by atoms with Crippen LogP contribution in [0.15, 0.2) is 11.6 Å². The van der Waals surface area contributed by atoms with Gasteiger partial charge in [0.1, 0.15) is 0 Å². The van der Waals surface area contributed by atoms with Crippen molar-refractivity contribution in [2.75, 3.05) is 6.61 Å². The average molecular weight is 233 g/mol. The van der Waals surface area contributed by atoms with E-state index in [0.29, 0.717) is 19.4 Å². The van der Waals surface area contributed by atoms with Gasteiger partial charge in [0, 0.05) is 18.4 Å². The van der Waals surface area contributed by atoms with Crippen LogP contribution in [0.3, 0.4) is 0 Å².